The number of hydrogen-bond donors (Lipinski definition) is 0. The monoisotopic (exact) mass is 302 g/mol. The maximum Gasteiger partial charge on any atom is 0.456 e. The van der Waals surface area contributed by atoms with Crippen molar-refractivity contribution in [3.63, 3.8) is 0 Å². The first-order chi connectivity index (χ1) is 8.67. The van der Waals surface area contributed by atoms with Gasteiger partial charge in [-0.15, -0.1) is 11.6 Å². The second-order valence-electron chi connectivity index (χ2n) is 3.61. The number of carbonyl (C=O) groups is 1. The molecule has 0 atom stereocenters. The lowest BCUT2D eigenvalue weighted by Gasteiger charge is -2.19. The molecular weight excluding hydrogens is 295 g/mol. The molecule has 0 aliphatic carbocycles. The molecule has 19 heavy (non-hydrogen) atoms. The molecule has 0 radical (unpaired) electrons. The zero-order valence-electron chi connectivity index (χ0n) is 9.31. The van der Waals surface area contributed by atoms with Crippen molar-refractivity contribution < 1.29 is 31.5 Å². The molecule has 106 valence electrons. The summed E-state index contributed by atoms with van der Waals surface area (Å²) in [5.41, 5.74) is 0.533. The van der Waals surface area contributed by atoms with Crippen LogP contribution in [0.4, 0.5) is 22.0 Å². The Morgan fingerprint density at radius 1 is 1.11 bits per heavy atom. The molecule has 1 rings (SSSR count). The van der Waals surface area contributed by atoms with E-state index in [4.69, 9.17) is 11.6 Å². The van der Waals surface area contributed by atoms with Crippen LogP contribution in [0.2, 0.25) is 0 Å². The van der Waals surface area contributed by atoms with Gasteiger partial charge in [-0.25, -0.2) is 4.79 Å². The Morgan fingerprint density at radius 3 is 2.05 bits per heavy atom. The standard InChI is InChI=1S/C11H8ClF5O2/c12-5-7-1-3-8(4-2-7)9(18)19-6-10(13,14)11(15,16)17/h1-4H,5-6H2. The van der Waals surface area contributed by atoms with Crippen molar-refractivity contribution >= 4 is 17.6 Å². The molecule has 0 saturated heterocycles. The van der Waals surface area contributed by atoms with Crippen LogP contribution in [0.1, 0.15) is 15.9 Å². The van der Waals surface area contributed by atoms with Crippen molar-refractivity contribution in [2.45, 2.75) is 18.0 Å². The molecule has 8 heteroatoms. The summed E-state index contributed by atoms with van der Waals surface area (Å²) >= 11 is 5.49. The van der Waals surface area contributed by atoms with Crippen LogP contribution in [-0.2, 0) is 10.6 Å². The summed E-state index contributed by atoms with van der Waals surface area (Å²) in [6, 6.07) is 5.33. The zero-order valence-corrected chi connectivity index (χ0v) is 10.1. The minimum atomic E-state index is -5.75. The molecule has 0 heterocycles. The minimum absolute atomic E-state index is 0.133. The van der Waals surface area contributed by atoms with Gasteiger partial charge in [-0.1, -0.05) is 12.1 Å². The van der Waals surface area contributed by atoms with Crippen LogP contribution in [0.25, 0.3) is 0 Å². The molecule has 0 aliphatic rings. The van der Waals surface area contributed by atoms with Crippen LogP contribution in [0.5, 0.6) is 0 Å². The van der Waals surface area contributed by atoms with Crippen molar-refractivity contribution in [1.82, 2.24) is 0 Å². The van der Waals surface area contributed by atoms with Crippen molar-refractivity contribution in [2.75, 3.05) is 6.61 Å². The lowest BCUT2D eigenvalue weighted by molar-refractivity contribution is -0.292. The Bertz CT molecular complexity index is 441. The van der Waals surface area contributed by atoms with Crippen molar-refractivity contribution in [3.05, 3.63) is 35.4 Å². The highest BCUT2D eigenvalue weighted by molar-refractivity contribution is 6.17. The van der Waals surface area contributed by atoms with Crippen LogP contribution >= 0.6 is 11.6 Å². The molecule has 2 nitrogen and oxygen atoms in total. The number of carbonyl (C=O) groups excluding carboxylic acids is 1. The molecule has 0 aromatic heterocycles. The summed E-state index contributed by atoms with van der Waals surface area (Å²) in [6.07, 6.45) is -5.75. The molecule has 0 N–H and O–H groups in total. The van der Waals surface area contributed by atoms with E-state index < -0.39 is 24.7 Å². The van der Waals surface area contributed by atoms with Crippen LogP contribution in [0, 0.1) is 0 Å². The lowest BCUT2D eigenvalue weighted by atomic mass is 10.1. The number of alkyl halides is 6. The van der Waals surface area contributed by atoms with Crippen LogP contribution in [0.3, 0.4) is 0 Å². The molecule has 1 aromatic rings. The highest BCUT2D eigenvalue weighted by atomic mass is 35.5. The second-order valence-corrected chi connectivity index (χ2v) is 3.88. The fourth-order valence-corrected chi connectivity index (χ4v) is 1.23. The van der Waals surface area contributed by atoms with Crippen molar-refractivity contribution in [1.29, 1.82) is 0 Å². The highest BCUT2D eigenvalue weighted by Crippen LogP contribution is 2.35. The van der Waals surface area contributed by atoms with Gasteiger partial charge in [0.2, 0.25) is 0 Å². The van der Waals surface area contributed by atoms with E-state index in [1.807, 2.05) is 0 Å². The van der Waals surface area contributed by atoms with E-state index in [9.17, 15) is 26.7 Å². The maximum absolute atomic E-state index is 12.5. The third-order valence-electron chi connectivity index (χ3n) is 2.14. The van der Waals surface area contributed by atoms with Gasteiger partial charge in [0.15, 0.2) is 6.61 Å². The smallest absolute Gasteiger partial charge is 0.455 e. The van der Waals surface area contributed by atoms with E-state index in [1.54, 1.807) is 0 Å². The first-order valence-corrected chi connectivity index (χ1v) is 5.47. The normalized spacial score (nSPS) is 12.3. The maximum atomic E-state index is 12.5. The molecule has 0 unspecified atom stereocenters. The average molecular weight is 303 g/mol. The van der Waals surface area contributed by atoms with Gasteiger partial charge in [-0.2, -0.15) is 22.0 Å². The van der Waals surface area contributed by atoms with E-state index >= 15 is 0 Å². The molecule has 1 aromatic carbocycles. The summed E-state index contributed by atoms with van der Waals surface area (Å²) in [6.45, 7) is -2.05. The topological polar surface area (TPSA) is 26.3 Å². The van der Waals surface area contributed by atoms with E-state index in [0.717, 1.165) is 0 Å². The van der Waals surface area contributed by atoms with Gasteiger partial charge in [0, 0.05) is 5.88 Å². The Balaban J connectivity index is 2.65. The molecule has 0 fully saturated rings. The predicted octanol–water partition coefficient (Wildman–Crippen LogP) is 3.78. The Labute approximate surface area is 110 Å². The van der Waals surface area contributed by atoms with Crippen LogP contribution < -0.4 is 0 Å². The summed E-state index contributed by atoms with van der Waals surface area (Å²) in [5.74, 6) is -6.15. The molecular formula is C11H8ClF5O2. The van der Waals surface area contributed by atoms with Gasteiger partial charge in [-0.3, -0.25) is 0 Å². The third kappa shape index (κ3) is 4.05. The number of halogens is 6. The van der Waals surface area contributed by atoms with Gasteiger partial charge < -0.3 is 4.74 Å². The summed E-state index contributed by atoms with van der Waals surface area (Å²) < 4.78 is 64.4. The minimum Gasteiger partial charge on any atom is -0.455 e. The Morgan fingerprint density at radius 2 is 1.63 bits per heavy atom. The van der Waals surface area contributed by atoms with Gasteiger partial charge >= 0.3 is 18.1 Å². The molecule has 0 spiro atoms. The number of rotatable bonds is 4. The Hall–Kier alpha value is -1.37. The van der Waals surface area contributed by atoms with Gasteiger partial charge in [0.25, 0.3) is 0 Å². The predicted molar refractivity (Wildman–Crippen MR) is 57.3 cm³/mol. The van der Waals surface area contributed by atoms with Crippen LogP contribution in [-0.4, -0.2) is 24.7 Å². The number of ether oxygens (including phenoxy) is 1. The van der Waals surface area contributed by atoms with Crippen molar-refractivity contribution in [2.24, 2.45) is 0 Å². The first-order valence-electron chi connectivity index (χ1n) is 4.94. The lowest BCUT2D eigenvalue weighted by Crippen LogP contribution is -2.41. The van der Waals surface area contributed by atoms with Gasteiger partial charge in [0.1, 0.15) is 0 Å². The average Bonchev–Trinajstić information content (AvgIpc) is 2.35. The van der Waals surface area contributed by atoms with Gasteiger partial charge in [-0.05, 0) is 17.7 Å². The first kappa shape index (κ1) is 15.7. The largest absolute Gasteiger partial charge is 0.456 e. The van der Waals surface area contributed by atoms with E-state index in [1.165, 1.54) is 24.3 Å². The molecule has 0 bridgehead atoms. The number of esters is 1. The van der Waals surface area contributed by atoms with Crippen LogP contribution in [0.15, 0.2) is 24.3 Å². The fraction of sp³-hybridized carbons (Fsp3) is 0.364. The summed E-state index contributed by atoms with van der Waals surface area (Å²) in [4.78, 5) is 11.3. The van der Waals surface area contributed by atoms with E-state index in [0.29, 0.717) is 5.56 Å². The number of benzene rings is 1. The van der Waals surface area contributed by atoms with Gasteiger partial charge in [0.05, 0.1) is 5.56 Å². The SMILES string of the molecule is O=C(OCC(F)(F)C(F)(F)F)c1ccc(CCl)cc1. The molecule has 0 saturated carbocycles. The molecule has 0 amide bonds. The molecule has 0 aliphatic heterocycles. The summed E-state index contributed by atoms with van der Waals surface area (Å²) in [5, 5.41) is 0. The third-order valence-corrected chi connectivity index (χ3v) is 2.45. The zero-order chi connectivity index (χ0) is 14.7. The second kappa shape index (κ2) is 5.73. The Kier molecular flexibility index (Phi) is 4.73. The van der Waals surface area contributed by atoms with E-state index in [2.05, 4.69) is 4.74 Å². The quantitative estimate of drug-likeness (QED) is 0.481. The number of hydrogen-bond acceptors (Lipinski definition) is 2. The summed E-state index contributed by atoms with van der Waals surface area (Å²) in [7, 11) is 0. The fourth-order valence-electron chi connectivity index (χ4n) is 1.05. The van der Waals surface area contributed by atoms with Crippen molar-refractivity contribution in [3.8, 4) is 0 Å². The highest BCUT2D eigenvalue weighted by Gasteiger charge is 2.58. The van der Waals surface area contributed by atoms with E-state index in [-0.39, 0.29) is 11.4 Å².